The number of hydrogen-bond acceptors (Lipinski definition) is 4. The van der Waals surface area contributed by atoms with Crippen LogP contribution in [-0.2, 0) is 20.7 Å². The monoisotopic (exact) mass is 314 g/mol. The summed E-state index contributed by atoms with van der Waals surface area (Å²) >= 11 is 0. The Kier molecular flexibility index (Phi) is 7.81. The van der Waals surface area contributed by atoms with Gasteiger partial charge in [0.2, 0.25) is 5.91 Å². The molecule has 0 saturated heterocycles. The molecule has 0 heterocycles. The molecule has 0 radical (unpaired) electrons. The highest BCUT2D eigenvalue weighted by molar-refractivity contribution is 5.88. The molecule has 0 saturated carbocycles. The van der Waals surface area contributed by atoms with Gasteiger partial charge in [0.1, 0.15) is 5.54 Å². The zero-order valence-corrected chi connectivity index (χ0v) is 13.5. The van der Waals surface area contributed by atoms with Gasteiger partial charge in [-0.15, -0.1) is 12.4 Å². The summed E-state index contributed by atoms with van der Waals surface area (Å²) in [6.45, 7) is 3.64. The van der Waals surface area contributed by atoms with Gasteiger partial charge >= 0.3 is 5.97 Å². The number of esters is 1. The second-order valence-electron chi connectivity index (χ2n) is 5.04. The zero-order valence-electron chi connectivity index (χ0n) is 12.6. The van der Waals surface area contributed by atoms with Gasteiger partial charge in [-0.1, -0.05) is 25.5 Å². The number of anilines is 1. The van der Waals surface area contributed by atoms with Gasteiger partial charge in [-0.3, -0.25) is 4.79 Å². The summed E-state index contributed by atoms with van der Waals surface area (Å²) in [6, 6.07) is 7.08. The fourth-order valence-corrected chi connectivity index (χ4v) is 2.11. The maximum absolute atomic E-state index is 12.1. The summed E-state index contributed by atoms with van der Waals surface area (Å²) in [7, 11) is 1.32. The van der Waals surface area contributed by atoms with E-state index in [2.05, 4.69) is 5.32 Å². The van der Waals surface area contributed by atoms with Crippen molar-refractivity contribution >= 4 is 30.0 Å². The fraction of sp³-hybridized carbons (Fsp3) is 0.467. The molecule has 21 heavy (non-hydrogen) atoms. The minimum Gasteiger partial charge on any atom is -0.467 e. The number of halogens is 1. The first-order valence-electron chi connectivity index (χ1n) is 6.65. The highest BCUT2D eigenvalue weighted by atomic mass is 35.5. The normalized spacial score (nSPS) is 12.7. The smallest absolute Gasteiger partial charge is 0.331 e. The molecule has 0 bridgehead atoms. The first-order chi connectivity index (χ1) is 9.41. The number of carbonyl (C=O) groups is 2. The van der Waals surface area contributed by atoms with Gasteiger partial charge in [0.25, 0.3) is 0 Å². The lowest BCUT2D eigenvalue weighted by atomic mass is 9.95. The second kappa shape index (κ2) is 8.52. The van der Waals surface area contributed by atoms with Crippen molar-refractivity contribution in [3.63, 3.8) is 0 Å². The van der Waals surface area contributed by atoms with Crippen molar-refractivity contribution in [2.24, 2.45) is 0 Å². The van der Waals surface area contributed by atoms with Crippen LogP contribution in [0.4, 0.5) is 5.69 Å². The van der Waals surface area contributed by atoms with Crippen molar-refractivity contribution in [1.29, 1.82) is 0 Å². The number of amides is 1. The van der Waals surface area contributed by atoms with E-state index in [1.807, 2.05) is 6.92 Å². The van der Waals surface area contributed by atoms with Crippen molar-refractivity contribution < 1.29 is 14.3 Å². The summed E-state index contributed by atoms with van der Waals surface area (Å²) in [5.41, 5.74) is 6.12. The maximum Gasteiger partial charge on any atom is 0.331 e. The number of ether oxygens (including phenoxy) is 1. The van der Waals surface area contributed by atoms with Gasteiger partial charge in [-0.25, -0.2) is 4.79 Å². The summed E-state index contributed by atoms with van der Waals surface area (Å²) in [6.07, 6.45) is 1.51. The number of nitrogen functional groups attached to an aromatic ring is 1. The van der Waals surface area contributed by atoms with E-state index < -0.39 is 11.5 Å². The molecule has 0 spiro atoms. The van der Waals surface area contributed by atoms with E-state index in [-0.39, 0.29) is 24.7 Å². The predicted molar refractivity (Wildman–Crippen MR) is 85.3 cm³/mol. The lowest BCUT2D eigenvalue weighted by molar-refractivity contribution is -0.150. The summed E-state index contributed by atoms with van der Waals surface area (Å²) in [4.78, 5) is 23.9. The highest BCUT2D eigenvalue weighted by Gasteiger charge is 2.34. The molecule has 1 unspecified atom stereocenters. The number of benzene rings is 1. The largest absolute Gasteiger partial charge is 0.467 e. The zero-order chi connectivity index (χ0) is 15.2. The van der Waals surface area contributed by atoms with Crippen LogP contribution in [0.2, 0.25) is 0 Å². The van der Waals surface area contributed by atoms with Gasteiger partial charge in [-0.2, -0.15) is 0 Å². The third-order valence-electron chi connectivity index (χ3n) is 3.15. The minimum absolute atomic E-state index is 0. The van der Waals surface area contributed by atoms with Crippen LogP contribution in [0.15, 0.2) is 24.3 Å². The number of carbonyl (C=O) groups excluding carboxylic acids is 2. The van der Waals surface area contributed by atoms with Gasteiger partial charge in [0.05, 0.1) is 13.5 Å². The molecule has 6 heteroatoms. The van der Waals surface area contributed by atoms with Crippen LogP contribution < -0.4 is 11.1 Å². The van der Waals surface area contributed by atoms with Crippen LogP contribution in [0.3, 0.4) is 0 Å². The molecule has 0 aliphatic heterocycles. The minimum atomic E-state index is -0.978. The Bertz CT molecular complexity index is 476. The van der Waals surface area contributed by atoms with Crippen LogP contribution in [0.25, 0.3) is 0 Å². The van der Waals surface area contributed by atoms with Gasteiger partial charge in [0.15, 0.2) is 0 Å². The predicted octanol–water partition coefficient (Wildman–Crippen LogP) is 2.08. The molecule has 0 aliphatic rings. The van der Waals surface area contributed by atoms with Crippen molar-refractivity contribution in [1.82, 2.24) is 5.32 Å². The van der Waals surface area contributed by atoms with E-state index in [1.54, 1.807) is 31.2 Å². The highest BCUT2D eigenvalue weighted by Crippen LogP contribution is 2.15. The summed E-state index contributed by atoms with van der Waals surface area (Å²) in [5, 5.41) is 2.76. The molecule has 1 aromatic carbocycles. The summed E-state index contributed by atoms with van der Waals surface area (Å²) in [5.74, 6) is -0.638. The van der Waals surface area contributed by atoms with Crippen molar-refractivity contribution in [2.45, 2.75) is 38.6 Å². The third-order valence-corrected chi connectivity index (χ3v) is 3.15. The van der Waals surface area contributed by atoms with E-state index in [4.69, 9.17) is 10.5 Å². The molecule has 1 atom stereocenters. The van der Waals surface area contributed by atoms with Crippen molar-refractivity contribution in [3.8, 4) is 0 Å². The second-order valence-corrected chi connectivity index (χ2v) is 5.04. The van der Waals surface area contributed by atoms with E-state index in [0.717, 1.165) is 12.0 Å². The number of nitrogens with one attached hydrogen (secondary N) is 1. The topological polar surface area (TPSA) is 81.4 Å². The van der Waals surface area contributed by atoms with Crippen LogP contribution in [0.1, 0.15) is 32.3 Å². The molecule has 0 aromatic heterocycles. The number of methoxy groups -OCH3 is 1. The van der Waals surface area contributed by atoms with E-state index in [0.29, 0.717) is 12.1 Å². The fourth-order valence-electron chi connectivity index (χ4n) is 2.11. The van der Waals surface area contributed by atoms with Crippen LogP contribution in [0, 0.1) is 0 Å². The molecule has 1 aromatic rings. The Balaban J connectivity index is 0.00000400. The molecule has 3 N–H and O–H groups in total. The molecule has 1 rings (SSSR count). The number of hydrogen-bond donors (Lipinski definition) is 2. The Labute approximate surface area is 131 Å². The number of rotatable bonds is 6. The lowest BCUT2D eigenvalue weighted by Crippen LogP contribution is -2.53. The van der Waals surface area contributed by atoms with Crippen molar-refractivity contribution in [3.05, 3.63) is 29.8 Å². The standard InChI is InChI=1S/C15H22N2O3.ClH/c1-4-9-15(2,14(19)20-3)17-13(18)10-11-5-7-12(16)8-6-11;/h5-8H,4,9-10,16H2,1-3H3,(H,17,18);1H. The molecule has 118 valence electrons. The van der Waals surface area contributed by atoms with Crippen LogP contribution >= 0.6 is 12.4 Å². The van der Waals surface area contributed by atoms with Crippen molar-refractivity contribution in [2.75, 3.05) is 12.8 Å². The average Bonchev–Trinajstić information content (AvgIpc) is 2.40. The SMILES string of the molecule is CCCC(C)(NC(=O)Cc1ccc(N)cc1)C(=O)OC.Cl. The van der Waals surface area contributed by atoms with Gasteiger partial charge < -0.3 is 15.8 Å². The number of nitrogens with two attached hydrogens (primary N) is 1. The Morgan fingerprint density at radius 3 is 2.33 bits per heavy atom. The van der Waals surface area contributed by atoms with E-state index >= 15 is 0 Å². The van der Waals surface area contributed by atoms with E-state index in [1.165, 1.54) is 7.11 Å². The third kappa shape index (κ3) is 5.63. The Morgan fingerprint density at radius 1 is 1.29 bits per heavy atom. The Hall–Kier alpha value is -1.75. The molecule has 5 nitrogen and oxygen atoms in total. The molecule has 1 amide bonds. The maximum atomic E-state index is 12.1. The molecular weight excluding hydrogens is 292 g/mol. The van der Waals surface area contributed by atoms with E-state index in [9.17, 15) is 9.59 Å². The molecule has 0 aliphatic carbocycles. The summed E-state index contributed by atoms with van der Waals surface area (Å²) < 4.78 is 4.76. The first-order valence-corrected chi connectivity index (χ1v) is 6.65. The van der Waals surface area contributed by atoms with Gasteiger partial charge in [0, 0.05) is 5.69 Å². The lowest BCUT2D eigenvalue weighted by Gasteiger charge is -2.27. The quantitative estimate of drug-likeness (QED) is 0.622. The van der Waals surface area contributed by atoms with Crippen LogP contribution in [0.5, 0.6) is 0 Å². The average molecular weight is 315 g/mol. The first kappa shape index (κ1) is 19.2. The van der Waals surface area contributed by atoms with Gasteiger partial charge in [-0.05, 0) is 31.0 Å². The van der Waals surface area contributed by atoms with Crippen LogP contribution in [-0.4, -0.2) is 24.5 Å². The molecular formula is C15H23ClN2O3. The Morgan fingerprint density at radius 2 is 1.86 bits per heavy atom. The molecule has 0 fully saturated rings.